The van der Waals surface area contributed by atoms with Crippen LogP contribution in [0.2, 0.25) is 0 Å². The van der Waals surface area contributed by atoms with Gasteiger partial charge in [-0.05, 0) is 84.2 Å². The maximum absolute atomic E-state index is 7.18. The highest BCUT2D eigenvalue weighted by atomic mass is 35.5. The molecular weight excluding hydrogens is 582 g/mol. The van der Waals surface area contributed by atoms with E-state index in [1.807, 2.05) is 12.1 Å². The molecule has 0 amide bonds. The highest BCUT2D eigenvalue weighted by Crippen LogP contribution is 2.54. The Labute approximate surface area is 274 Å². The lowest BCUT2D eigenvalue weighted by molar-refractivity contribution is 0.391. The molecule has 2 aliphatic carbocycles. The molecule has 0 saturated carbocycles. The summed E-state index contributed by atoms with van der Waals surface area (Å²) in [6.45, 7) is 14.3. The number of allylic oxidation sites excluding steroid dienone is 10. The fourth-order valence-corrected chi connectivity index (χ4v) is 7.73. The number of ether oxygens (including phenoxy) is 4. The van der Waals surface area contributed by atoms with Crippen molar-refractivity contribution in [3.05, 3.63) is 92.7 Å². The van der Waals surface area contributed by atoms with Crippen LogP contribution in [-0.4, -0.2) is 35.0 Å². The molecule has 0 saturated heterocycles. The molecule has 0 N–H and O–H groups in total. The third-order valence-electron chi connectivity index (χ3n) is 9.90. The van der Waals surface area contributed by atoms with Crippen LogP contribution in [0, 0.1) is 0 Å². The van der Waals surface area contributed by atoms with E-state index in [1.165, 1.54) is 44.7 Å². The van der Waals surface area contributed by atoms with E-state index in [9.17, 15) is 0 Å². The number of likely N-dealkylation sites (N-methyl/N-ethyl adjacent to an activating group) is 1. The second-order valence-corrected chi connectivity index (χ2v) is 13.4. The third kappa shape index (κ3) is 5.48. The molecule has 0 spiro atoms. The maximum atomic E-state index is 7.18. The zero-order valence-electron chi connectivity index (χ0n) is 28.6. The Morgan fingerprint density at radius 3 is 2.02 bits per heavy atom. The molecule has 45 heavy (non-hydrogen) atoms. The predicted octanol–water partition coefficient (Wildman–Crippen LogP) is 10.0. The van der Waals surface area contributed by atoms with Crippen molar-refractivity contribution in [2.75, 3.05) is 39.9 Å². The van der Waals surface area contributed by atoms with Crippen molar-refractivity contribution >= 4 is 22.9 Å². The molecule has 240 valence electrons. The first-order valence-electron chi connectivity index (χ1n) is 16.0. The van der Waals surface area contributed by atoms with Crippen molar-refractivity contribution in [2.45, 2.75) is 78.1 Å². The van der Waals surface area contributed by atoms with Gasteiger partial charge >= 0.3 is 0 Å². The zero-order chi connectivity index (χ0) is 32.7. The minimum atomic E-state index is -0.229. The molecule has 5 rings (SSSR count). The molecular formula is C39H48ClNO4. The van der Waals surface area contributed by atoms with Gasteiger partial charge in [-0.1, -0.05) is 64.4 Å². The van der Waals surface area contributed by atoms with Crippen molar-refractivity contribution < 1.29 is 18.9 Å². The number of hydrogen-bond acceptors (Lipinski definition) is 5. The van der Waals surface area contributed by atoms with Crippen LogP contribution in [0.25, 0.3) is 5.57 Å². The average Bonchev–Trinajstić information content (AvgIpc) is 3.40. The summed E-state index contributed by atoms with van der Waals surface area (Å²) in [5.41, 5.74) is 10.5. The molecule has 1 aliphatic heterocycles. The molecule has 0 bridgehead atoms. The van der Waals surface area contributed by atoms with Crippen LogP contribution < -0.4 is 23.8 Å². The smallest absolute Gasteiger partial charge is 0.146 e. The van der Waals surface area contributed by atoms with Crippen molar-refractivity contribution in [3.8, 4) is 23.0 Å². The highest BCUT2D eigenvalue weighted by Gasteiger charge is 2.42. The van der Waals surface area contributed by atoms with Crippen LogP contribution in [0.15, 0.2) is 76.0 Å². The summed E-state index contributed by atoms with van der Waals surface area (Å²) in [6.07, 6.45) is 12.9. The maximum Gasteiger partial charge on any atom is 0.146 e. The van der Waals surface area contributed by atoms with Gasteiger partial charge in [0.1, 0.15) is 23.0 Å². The number of hydrogen-bond donors (Lipinski definition) is 0. The van der Waals surface area contributed by atoms with E-state index in [0.717, 1.165) is 65.9 Å². The van der Waals surface area contributed by atoms with Gasteiger partial charge in [-0.3, -0.25) is 0 Å². The average molecular weight is 630 g/mol. The molecule has 0 unspecified atom stereocenters. The molecule has 0 fully saturated rings. The molecule has 0 atom stereocenters. The van der Waals surface area contributed by atoms with E-state index in [4.69, 9.17) is 30.5 Å². The fraction of sp³-hybridized carbons (Fsp3) is 0.436. The minimum Gasteiger partial charge on any atom is -0.497 e. The molecule has 0 aromatic heterocycles. The van der Waals surface area contributed by atoms with Gasteiger partial charge in [0.2, 0.25) is 0 Å². The standard InChI is InChI=1S/C39H48ClNO4/c1-11-28-29(38(3,4)30-20-26(42-7)22-32(44-9)35(28)30)18-16-24-14-13-15-25(36(24)40)17-19-34-39(5,6)31-21-27(43-8)23-33(45-10)37(31)41(34)12-2/h16-23H,11-15H2,1-10H3/b18-16+,25-17+,34-19-. The Hall–Kier alpha value is -3.57. The third-order valence-corrected chi connectivity index (χ3v) is 10.4. The first kappa shape index (κ1) is 32.8. The van der Waals surface area contributed by atoms with Gasteiger partial charge in [0.15, 0.2) is 0 Å². The van der Waals surface area contributed by atoms with Crippen LogP contribution in [0.4, 0.5) is 5.69 Å². The van der Waals surface area contributed by atoms with E-state index >= 15 is 0 Å². The minimum absolute atomic E-state index is 0.194. The summed E-state index contributed by atoms with van der Waals surface area (Å²) in [5, 5.41) is 0.858. The van der Waals surface area contributed by atoms with Crippen LogP contribution in [0.1, 0.15) is 83.9 Å². The number of nitrogens with zero attached hydrogens (tertiary/aromatic N) is 1. The van der Waals surface area contributed by atoms with Crippen molar-refractivity contribution in [3.63, 3.8) is 0 Å². The summed E-state index contributed by atoms with van der Waals surface area (Å²) in [4.78, 5) is 2.35. The quantitative estimate of drug-likeness (QED) is 0.276. The van der Waals surface area contributed by atoms with Gasteiger partial charge in [0, 0.05) is 45.8 Å². The Kier molecular flexibility index (Phi) is 9.24. The van der Waals surface area contributed by atoms with Crippen molar-refractivity contribution in [2.24, 2.45) is 0 Å². The SMILES string of the molecule is CCC1=C(/C=C/C2=C(Cl)C(=C/C=C3\N(CC)c4c(OC)cc(OC)cc4C3(C)C)/CCC2)C(C)(C)c2cc(OC)cc(OC)c21. The largest absolute Gasteiger partial charge is 0.497 e. The number of fused-ring (bicyclic) bond motifs is 2. The fourth-order valence-electron chi connectivity index (χ4n) is 7.41. The number of halogens is 1. The molecule has 5 nitrogen and oxygen atoms in total. The highest BCUT2D eigenvalue weighted by molar-refractivity contribution is 6.32. The number of benzene rings is 2. The zero-order valence-corrected chi connectivity index (χ0v) is 29.4. The van der Waals surface area contributed by atoms with Crippen LogP contribution >= 0.6 is 11.6 Å². The Morgan fingerprint density at radius 2 is 1.42 bits per heavy atom. The Balaban J connectivity index is 1.52. The summed E-state index contributed by atoms with van der Waals surface area (Å²) < 4.78 is 22.9. The van der Waals surface area contributed by atoms with E-state index in [0.29, 0.717) is 0 Å². The van der Waals surface area contributed by atoms with Crippen LogP contribution in [0.3, 0.4) is 0 Å². The van der Waals surface area contributed by atoms with E-state index < -0.39 is 0 Å². The van der Waals surface area contributed by atoms with Gasteiger partial charge in [-0.15, -0.1) is 0 Å². The topological polar surface area (TPSA) is 40.2 Å². The van der Waals surface area contributed by atoms with E-state index in [-0.39, 0.29) is 10.8 Å². The van der Waals surface area contributed by atoms with E-state index in [1.54, 1.807) is 28.4 Å². The van der Waals surface area contributed by atoms with Crippen molar-refractivity contribution in [1.29, 1.82) is 0 Å². The van der Waals surface area contributed by atoms with Gasteiger partial charge in [-0.2, -0.15) is 0 Å². The molecule has 3 aliphatic rings. The lowest BCUT2D eigenvalue weighted by Crippen LogP contribution is -2.25. The van der Waals surface area contributed by atoms with Gasteiger partial charge in [-0.25, -0.2) is 0 Å². The first-order valence-corrected chi connectivity index (χ1v) is 16.4. The van der Waals surface area contributed by atoms with Crippen LogP contribution in [0.5, 0.6) is 23.0 Å². The summed E-state index contributed by atoms with van der Waals surface area (Å²) in [6, 6.07) is 8.25. The Morgan fingerprint density at radius 1 is 0.778 bits per heavy atom. The molecule has 1 heterocycles. The molecule has 2 aromatic carbocycles. The molecule has 6 heteroatoms. The summed E-state index contributed by atoms with van der Waals surface area (Å²) >= 11 is 7.18. The summed E-state index contributed by atoms with van der Waals surface area (Å²) in [7, 11) is 6.86. The van der Waals surface area contributed by atoms with Crippen molar-refractivity contribution in [1.82, 2.24) is 0 Å². The summed E-state index contributed by atoms with van der Waals surface area (Å²) in [5.74, 6) is 3.30. The Bertz CT molecular complexity index is 1650. The predicted molar refractivity (Wildman–Crippen MR) is 187 cm³/mol. The second kappa shape index (κ2) is 12.7. The lowest BCUT2D eigenvalue weighted by Gasteiger charge is -2.26. The number of rotatable bonds is 9. The second-order valence-electron chi connectivity index (χ2n) is 13.0. The lowest BCUT2D eigenvalue weighted by atomic mass is 9.80. The van der Waals surface area contributed by atoms with Gasteiger partial charge in [0.05, 0.1) is 34.1 Å². The van der Waals surface area contributed by atoms with E-state index in [2.05, 4.69) is 82.9 Å². The number of methoxy groups -OCH3 is 4. The monoisotopic (exact) mass is 629 g/mol. The first-order chi connectivity index (χ1) is 21.5. The van der Waals surface area contributed by atoms with Gasteiger partial charge < -0.3 is 23.8 Å². The van der Waals surface area contributed by atoms with Crippen LogP contribution in [-0.2, 0) is 10.8 Å². The normalized spacial score (nSPS) is 20.4. The number of anilines is 1. The molecule has 2 aromatic rings. The molecule has 0 radical (unpaired) electrons. The van der Waals surface area contributed by atoms with Gasteiger partial charge in [0.25, 0.3) is 0 Å².